The van der Waals surface area contributed by atoms with Gasteiger partial charge in [-0.3, -0.25) is 0 Å². The van der Waals surface area contributed by atoms with Crippen LogP contribution < -0.4 is 0 Å². The van der Waals surface area contributed by atoms with Crippen molar-refractivity contribution in [1.29, 1.82) is 0 Å². The number of hydrogen-bond acceptors (Lipinski definition) is 3. The number of benzene rings is 1. The van der Waals surface area contributed by atoms with Crippen LogP contribution in [-0.4, -0.2) is 23.0 Å². The molecule has 3 nitrogen and oxygen atoms in total. The molecule has 0 amide bonds. The lowest BCUT2D eigenvalue weighted by atomic mass is 9.96. The maximum atomic E-state index is 9.89. The molecule has 3 heteroatoms. The Labute approximate surface area is 95.7 Å². The Kier molecular flexibility index (Phi) is 3.25. The van der Waals surface area contributed by atoms with Crippen LogP contribution in [0.15, 0.2) is 35.5 Å². The summed E-state index contributed by atoms with van der Waals surface area (Å²) in [6.45, 7) is 3.96. The van der Waals surface area contributed by atoms with Crippen molar-refractivity contribution in [2.24, 2.45) is 11.1 Å². The molecular weight excluding hydrogens is 202 g/mol. The highest BCUT2D eigenvalue weighted by atomic mass is 16.7. The first kappa shape index (κ1) is 11.1. The first-order chi connectivity index (χ1) is 7.68. The molecule has 1 N–H and O–H groups in total. The molecule has 86 valence electrons. The first-order valence-electron chi connectivity index (χ1n) is 5.64. The number of nitrogens with zero attached hydrogens (tertiary/aromatic N) is 1. The van der Waals surface area contributed by atoms with Crippen LogP contribution in [0.1, 0.15) is 25.8 Å². The molecule has 1 aliphatic heterocycles. The van der Waals surface area contributed by atoms with E-state index in [9.17, 15) is 5.11 Å². The Balaban J connectivity index is 2.03. The van der Waals surface area contributed by atoms with Gasteiger partial charge in [-0.15, -0.1) is 0 Å². The Bertz CT molecular complexity index is 373. The van der Waals surface area contributed by atoms with Crippen LogP contribution in [0.5, 0.6) is 0 Å². The summed E-state index contributed by atoms with van der Waals surface area (Å²) in [4.78, 5) is 5.28. The molecule has 0 bridgehead atoms. The largest absolute Gasteiger partial charge is 0.389 e. The molecule has 2 rings (SSSR count). The SMILES string of the molecule is CC(C)[C@H](O)[C@H]1CC(c2ccccc2)=NO1. The summed E-state index contributed by atoms with van der Waals surface area (Å²) in [6, 6.07) is 9.94. The van der Waals surface area contributed by atoms with E-state index in [1.54, 1.807) is 0 Å². The van der Waals surface area contributed by atoms with Gasteiger partial charge in [0, 0.05) is 6.42 Å². The smallest absolute Gasteiger partial charge is 0.159 e. The van der Waals surface area contributed by atoms with Crippen molar-refractivity contribution in [3.05, 3.63) is 35.9 Å². The van der Waals surface area contributed by atoms with Crippen molar-refractivity contribution in [2.45, 2.75) is 32.5 Å². The monoisotopic (exact) mass is 219 g/mol. The van der Waals surface area contributed by atoms with Gasteiger partial charge in [-0.05, 0) is 11.5 Å². The lowest BCUT2D eigenvalue weighted by Crippen LogP contribution is -2.31. The minimum absolute atomic E-state index is 0.190. The fourth-order valence-electron chi connectivity index (χ4n) is 1.81. The summed E-state index contributed by atoms with van der Waals surface area (Å²) in [5.41, 5.74) is 1.99. The number of rotatable bonds is 3. The number of aliphatic hydroxyl groups excluding tert-OH is 1. The van der Waals surface area contributed by atoms with Gasteiger partial charge >= 0.3 is 0 Å². The molecule has 0 saturated carbocycles. The average Bonchev–Trinajstić information content (AvgIpc) is 2.78. The topological polar surface area (TPSA) is 41.8 Å². The first-order valence-corrected chi connectivity index (χ1v) is 5.64. The summed E-state index contributed by atoms with van der Waals surface area (Å²) >= 11 is 0. The summed E-state index contributed by atoms with van der Waals surface area (Å²) < 4.78 is 0. The van der Waals surface area contributed by atoms with E-state index in [0.29, 0.717) is 6.42 Å². The molecule has 1 aromatic rings. The van der Waals surface area contributed by atoms with E-state index in [-0.39, 0.29) is 12.0 Å². The number of aliphatic hydroxyl groups is 1. The molecule has 0 radical (unpaired) electrons. The van der Waals surface area contributed by atoms with Crippen LogP contribution in [-0.2, 0) is 4.84 Å². The Morgan fingerprint density at radius 2 is 2.00 bits per heavy atom. The fourth-order valence-corrected chi connectivity index (χ4v) is 1.81. The van der Waals surface area contributed by atoms with E-state index in [0.717, 1.165) is 11.3 Å². The predicted molar refractivity (Wildman–Crippen MR) is 63.3 cm³/mol. The summed E-state index contributed by atoms with van der Waals surface area (Å²) in [6.07, 6.45) is 0.0313. The Morgan fingerprint density at radius 1 is 1.31 bits per heavy atom. The molecule has 0 saturated heterocycles. The molecular formula is C13H17NO2. The van der Waals surface area contributed by atoms with Gasteiger partial charge in [-0.25, -0.2) is 0 Å². The summed E-state index contributed by atoms with van der Waals surface area (Å²) in [5.74, 6) is 0.190. The molecule has 0 fully saturated rings. The maximum absolute atomic E-state index is 9.89. The summed E-state index contributed by atoms with van der Waals surface area (Å²) in [7, 11) is 0. The lowest BCUT2D eigenvalue weighted by molar-refractivity contribution is -0.0378. The second-order valence-corrected chi connectivity index (χ2v) is 4.49. The molecule has 0 unspecified atom stereocenters. The van der Waals surface area contributed by atoms with Crippen molar-refractivity contribution in [3.63, 3.8) is 0 Å². The molecule has 16 heavy (non-hydrogen) atoms. The molecule has 2 atom stereocenters. The molecule has 0 aromatic heterocycles. The highest BCUT2D eigenvalue weighted by Crippen LogP contribution is 2.22. The maximum Gasteiger partial charge on any atom is 0.159 e. The van der Waals surface area contributed by atoms with Crippen molar-refractivity contribution in [1.82, 2.24) is 0 Å². The second-order valence-electron chi connectivity index (χ2n) is 4.49. The van der Waals surface area contributed by atoms with Crippen molar-refractivity contribution in [2.75, 3.05) is 0 Å². The van der Waals surface area contributed by atoms with Crippen molar-refractivity contribution < 1.29 is 9.94 Å². The minimum atomic E-state index is -0.454. The van der Waals surface area contributed by atoms with Gasteiger partial charge < -0.3 is 9.94 Å². The second kappa shape index (κ2) is 4.66. The van der Waals surface area contributed by atoms with Gasteiger partial charge in [0.25, 0.3) is 0 Å². The van der Waals surface area contributed by atoms with E-state index >= 15 is 0 Å². The van der Waals surface area contributed by atoms with Crippen LogP contribution in [0, 0.1) is 5.92 Å². The zero-order valence-electron chi connectivity index (χ0n) is 9.63. The van der Waals surface area contributed by atoms with Gasteiger partial charge in [0.15, 0.2) is 6.10 Å². The molecule has 1 heterocycles. The average molecular weight is 219 g/mol. The van der Waals surface area contributed by atoms with Gasteiger partial charge in [0.05, 0.1) is 11.8 Å². The molecule has 0 spiro atoms. The van der Waals surface area contributed by atoms with E-state index in [2.05, 4.69) is 5.16 Å². The van der Waals surface area contributed by atoms with Crippen molar-refractivity contribution in [3.8, 4) is 0 Å². The highest BCUT2D eigenvalue weighted by molar-refractivity contribution is 6.01. The zero-order valence-corrected chi connectivity index (χ0v) is 9.63. The van der Waals surface area contributed by atoms with Gasteiger partial charge in [-0.1, -0.05) is 49.3 Å². The third kappa shape index (κ3) is 2.25. The van der Waals surface area contributed by atoms with Gasteiger partial charge in [0.2, 0.25) is 0 Å². The Morgan fingerprint density at radius 3 is 2.62 bits per heavy atom. The van der Waals surface area contributed by atoms with Gasteiger partial charge in [-0.2, -0.15) is 0 Å². The van der Waals surface area contributed by atoms with E-state index in [1.807, 2.05) is 44.2 Å². The third-order valence-corrected chi connectivity index (χ3v) is 2.86. The third-order valence-electron chi connectivity index (χ3n) is 2.86. The normalized spacial score (nSPS) is 21.8. The molecule has 1 aromatic carbocycles. The lowest BCUT2D eigenvalue weighted by Gasteiger charge is -2.19. The summed E-state index contributed by atoms with van der Waals surface area (Å²) in [5, 5.41) is 13.9. The van der Waals surface area contributed by atoms with Crippen molar-refractivity contribution >= 4 is 5.71 Å². The van der Waals surface area contributed by atoms with Crippen LogP contribution in [0.4, 0.5) is 0 Å². The van der Waals surface area contributed by atoms with E-state index < -0.39 is 6.10 Å². The fraction of sp³-hybridized carbons (Fsp3) is 0.462. The standard InChI is InChI=1S/C13H17NO2/c1-9(2)13(15)12-8-11(14-16-12)10-6-4-3-5-7-10/h3-7,9,12-13,15H,8H2,1-2H3/t12-,13+/m1/s1. The molecule has 0 aliphatic carbocycles. The number of hydrogen-bond donors (Lipinski definition) is 1. The van der Waals surface area contributed by atoms with E-state index in [1.165, 1.54) is 0 Å². The zero-order chi connectivity index (χ0) is 11.5. The van der Waals surface area contributed by atoms with Crippen LogP contribution in [0.3, 0.4) is 0 Å². The Hall–Kier alpha value is -1.35. The van der Waals surface area contributed by atoms with Crippen LogP contribution >= 0.6 is 0 Å². The molecule has 1 aliphatic rings. The quantitative estimate of drug-likeness (QED) is 0.846. The minimum Gasteiger partial charge on any atom is -0.389 e. The van der Waals surface area contributed by atoms with Crippen LogP contribution in [0.2, 0.25) is 0 Å². The van der Waals surface area contributed by atoms with E-state index in [4.69, 9.17) is 4.84 Å². The highest BCUT2D eigenvalue weighted by Gasteiger charge is 2.30. The van der Waals surface area contributed by atoms with Gasteiger partial charge in [0.1, 0.15) is 0 Å². The number of oxime groups is 1. The van der Waals surface area contributed by atoms with Crippen LogP contribution in [0.25, 0.3) is 0 Å². The predicted octanol–water partition coefficient (Wildman–Crippen LogP) is 2.20.